The van der Waals surface area contributed by atoms with Gasteiger partial charge in [-0.05, 0) is 56.2 Å². The van der Waals surface area contributed by atoms with Crippen LogP contribution in [0.5, 0.6) is 0 Å². The Kier molecular flexibility index (Phi) is 4.31. The maximum Gasteiger partial charge on any atom is 0.258 e. The van der Waals surface area contributed by atoms with Gasteiger partial charge in [0.05, 0.1) is 17.5 Å². The minimum atomic E-state index is -0.519. The number of rotatable bonds is 2. The van der Waals surface area contributed by atoms with E-state index in [0.717, 1.165) is 29.1 Å². The van der Waals surface area contributed by atoms with E-state index in [-0.39, 0.29) is 5.91 Å². The molecule has 0 saturated heterocycles. The molecule has 1 aliphatic rings. The summed E-state index contributed by atoms with van der Waals surface area (Å²) in [4.78, 5) is 14.9. The molecule has 1 unspecified atom stereocenters. The molecule has 0 fully saturated rings. The van der Waals surface area contributed by atoms with Crippen molar-refractivity contribution in [2.24, 2.45) is 0 Å². The van der Waals surface area contributed by atoms with E-state index >= 15 is 0 Å². The number of benzene rings is 2. The Labute approximate surface area is 152 Å². The molecule has 2 aromatic carbocycles. The standard InChI is InChI=1S/C21H21N3O2/c1-15-12-14-24(22-15)17-10-8-16(9-11-17)21(26)23-13-4-7-20(25)18-5-2-3-6-19(18)23/h2-3,5-6,8-12,14,20,25H,4,7,13H2,1H3. The van der Waals surface area contributed by atoms with Crippen LogP contribution in [0.25, 0.3) is 5.69 Å². The number of nitrogens with zero attached hydrogens (tertiary/aromatic N) is 3. The van der Waals surface area contributed by atoms with E-state index in [1.807, 2.05) is 67.7 Å². The number of aromatic nitrogens is 2. The Hall–Kier alpha value is -2.92. The third kappa shape index (κ3) is 3.02. The zero-order valence-electron chi connectivity index (χ0n) is 14.7. The predicted molar refractivity (Wildman–Crippen MR) is 101 cm³/mol. The Morgan fingerprint density at radius 1 is 1.12 bits per heavy atom. The number of aliphatic hydroxyl groups excluding tert-OH is 1. The normalized spacial score (nSPS) is 16.8. The van der Waals surface area contributed by atoms with Gasteiger partial charge in [-0.3, -0.25) is 4.79 Å². The molecule has 0 spiro atoms. The number of hydrogen-bond donors (Lipinski definition) is 1. The Morgan fingerprint density at radius 2 is 1.88 bits per heavy atom. The first kappa shape index (κ1) is 16.5. The van der Waals surface area contributed by atoms with Crippen molar-refractivity contribution in [1.82, 2.24) is 9.78 Å². The average Bonchev–Trinajstić information content (AvgIpc) is 3.03. The van der Waals surface area contributed by atoms with Crippen LogP contribution in [0, 0.1) is 6.92 Å². The van der Waals surface area contributed by atoms with Crippen LogP contribution in [0.2, 0.25) is 0 Å². The monoisotopic (exact) mass is 347 g/mol. The molecule has 5 heteroatoms. The topological polar surface area (TPSA) is 58.4 Å². The number of carbonyl (C=O) groups excluding carboxylic acids is 1. The Balaban J connectivity index is 1.64. The van der Waals surface area contributed by atoms with E-state index in [4.69, 9.17) is 0 Å². The highest BCUT2D eigenvalue weighted by atomic mass is 16.3. The summed E-state index contributed by atoms with van der Waals surface area (Å²) in [7, 11) is 0. The molecular weight excluding hydrogens is 326 g/mol. The van der Waals surface area contributed by atoms with Crippen LogP contribution < -0.4 is 4.90 Å². The molecule has 0 radical (unpaired) electrons. The van der Waals surface area contributed by atoms with Crippen LogP contribution in [-0.4, -0.2) is 27.3 Å². The number of carbonyl (C=O) groups is 1. The quantitative estimate of drug-likeness (QED) is 0.770. The van der Waals surface area contributed by atoms with Gasteiger partial charge in [0.25, 0.3) is 5.91 Å². The molecule has 0 bridgehead atoms. The zero-order valence-corrected chi connectivity index (χ0v) is 14.7. The second-order valence-electron chi connectivity index (χ2n) is 6.62. The van der Waals surface area contributed by atoms with Gasteiger partial charge in [0.2, 0.25) is 0 Å². The molecule has 1 aromatic heterocycles. The molecule has 5 nitrogen and oxygen atoms in total. The number of anilines is 1. The van der Waals surface area contributed by atoms with Crippen LogP contribution in [0.1, 0.15) is 40.6 Å². The molecule has 3 aromatic rings. The fraction of sp³-hybridized carbons (Fsp3) is 0.238. The summed E-state index contributed by atoms with van der Waals surface area (Å²) in [5.41, 5.74) is 4.12. The van der Waals surface area contributed by atoms with Crippen LogP contribution in [0.4, 0.5) is 5.69 Å². The van der Waals surface area contributed by atoms with Crippen LogP contribution in [0.3, 0.4) is 0 Å². The summed E-state index contributed by atoms with van der Waals surface area (Å²) in [6, 6.07) is 17.0. The average molecular weight is 347 g/mol. The summed E-state index contributed by atoms with van der Waals surface area (Å²) < 4.78 is 1.79. The molecule has 0 saturated carbocycles. The van der Waals surface area contributed by atoms with E-state index in [2.05, 4.69) is 5.10 Å². The molecule has 0 aliphatic carbocycles. The van der Waals surface area contributed by atoms with Crippen molar-refractivity contribution in [3.63, 3.8) is 0 Å². The van der Waals surface area contributed by atoms with E-state index < -0.39 is 6.10 Å². The summed E-state index contributed by atoms with van der Waals surface area (Å²) >= 11 is 0. The lowest BCUT2D eigenvalue weighted by Gasteiger charge is -2.23. The zero-order chi connectivity index (χ0) is 18.1. The highest BCUT2D eigenvalue weighted by Gasteiger charge is 2.25. The third-order valence-electron chi connectivity index (χ3n) is 4.79. The molecule has 1 N–H and O–H groups in total. The smallest absolute Gasteiger partial charge is 0.258 e. The highest BCUT2D eigenvalue weighted by Crippen LogP contribution is 2.33. The van der Waals surface area contributed by atoms with Crippen molar-refractivity contribution in [1.29, 1.82) is 0 Å². The summed E-state index contributed by atoms with van der Waals surface area (Å²) in [6.07, 6.45) is 2.82. The molecule has 1 aliphatic heterocycles. The maximum atomic E-state index is 13.1. The van der Waals surface area contributed by atoms with Crippen molar-refractivity contribution in [3.8, 4) is 5.69 Å². The SMILES string of the molecule is Cc1ccn(-c2ccc(C(=O)N3CCCC(O)c4ccccc43)cc2)n1. The largest absolute Gasteiger partial charge is 0.388 e. The van der Waals surface area contributed by atoms with Gasteiger partial charge in [-0.1, -0.05) is 18.2 Å². The molecule has 4 rings (SSSR count). The van der Waals surface area contributed by atoms with E-state index in [1.165, 1.54) is 0 Å². The van der Waals surface area contributed by atoms with Gasteiger partial charge in [0.15, 0.2) is 0 Å². The fourth-order valence-electron chi connectivity index (χ4n) is 3.42. The first-order valence-corrected chi connectivity index (χ1v) is 8.85. The second-order valence-corrected chi connectivity index (χ2v) is 6.62. The van der Waals surface area contributed by atoms with Gasteiger partial charge in [-0.15, -0.1) is 0 Å². The van der Waals surface area contributed by atoms with Gasteiger partial charge in [0, 0.05) is 29.6 Å². The van der Waals surface area contributed by atoms with Crippen molar-refractivity contribution < 1.29 is 9.90 Å². The van der Waals surface area contributed by atoms with Crippen molar-refractivity contribution in [2.45, 2.75) is 25.9 Å². The van der Waals surface area contributed by atoms with Gasteiger partial charge in [-0.25, -0.2) is 4.68 Å². The second kappa shape index (κ2) is 6.77. The number of amides is 1. The maximum absolute atomic E-state index is 13.1. The molecular formula is C21H21N3O2. The third-order valence-corrected chi connectivity index (χ3v) is 4.79. The van der Waals surface area contributed by atoms with Gasteiger partial charge in [-0.2, -0.15) is 5.10 Å². The summed E-state index contributed by atoms with van der Waals surface area (Å²) in [6.45, 7) is 2.55. The number of fused-ring (bicyclic) bond motifs is 1. The van der Waals surface area contributed by atoms with E-state index in [9.17, 15) is 9.90 Å². The van der Waals surface area contributed by atoms with E-state index in [0.29, 0.717) is 18.5 Å². The Morgan fingerprint density at radius 3 is 2.62 bits per heavy atom. The van der Waals surface area contributed by atoms with Gasteiger partial charge in [0.1, 0.15) is 0 Å². The van der Waals surface area contributed by atoms with Gasteiger partial charge >= 0.3 is 0 Å². The molecule has 1 atom stereocenters. The first-order chi connectivity index (χ1) is 12.6. The number of aliphatic hydroxyl groups is 1. The minimum absolute atomic E-state index is 0.0465. The number of para-hydroxylation sites is 1. The fourth-order valence-corrected chi connectivity index (χ4v) is 3.42. The molecule has 2 heterocycles. The highest BCUT2D eigenvalue weighted by molar-refractivity contribution is 6.06. The minimum Gasteiger partial charge on any atom is -0.388 e. The molecule has 26 heavy (non-hydrogen) atoms. The van der Waals surface area contributed by atoms with Crippen LogP contribution in [-0.2, 0) is 0 Å². The summed E-state index contributed by atoms with van der Waals surface area (Å²) in [5, 5.41) is 14.7. The predicted octanol–water partition coefficient (Wildman–Crippen LogP) is 3.65. The van der Waals surface area contributed by atoms with Crippen molar-refractivity contribution >= 4 is 11.6 Å². The van der Waals surface area contributed by atoms with E-state index in [1.54, 1.807) is 9.58 Å². The van der Waals surface area contributed by atoms with Crippen LogP contribution >= 0.6 is 0 Å². The lowest BCUT2D eigenvalue weighted by Crippen LogP contribution is -2.31. The number of hydrogen-bond acceptors (Lipinski definition) is 3. The lowest BCUT2D eigenvalue weighted by atomic mass is 10.0. The van der Waals surface area contributed by atoms with Crippen molar-refractivity contribution in [2.75, 3.05) is 11.4 Å². The first-order valence-electron chi connectivity index (χ1n) is 8.85. The number of aryl methyl sites for hydroxylation is 1. The van der Waals surface area contributed by atoms with Gasteiger partial charge < -0.3 is 10.0 Å². The lowest BCUT2D eigenvalue weighted by molar-refractivity contribution is 0.0986. The molecule has 1 amide bonds. The molecule has 132 valence electrons. The van der Waals surface area contributed by atoms with Crippen molar-refractivity contribution in [3.05, 3.63) is 77.6 Å². The Bertz CT molecular complexity index is 930. The summed E-state index contributed by atoms with van der Waals surface area (Å²) in [5.74, 6) is -0.0465. The van der Waals surface area contributed by atoms with Crippen LogP contribution in [0.15, 0.2) is 60.8 Å².